The van der Waals surface area contributed by atoms with Gasteiger partial charge in [-0.15, -0.1) is 0 Å². The monoisotopic (exact) mass is 341 g/mol. The summed E-state index contributed by atoms with van der Waals surface area (Å²) in [5, 5.41) is 22.2. The Balaban J connectivity index is 2.27. The molecule has 5 atom stereocenters. The highest BCUT2D eigenvalue weighted by molar-refractivity contribution is 5.81. The molecule has 1 amide bonds. The Bertz CT molecular complexity index is 636. The fourth-order valence-corrected chi connectivity index (χ4v) is 2.62. The molecule has 134 valence electrons. The predicted octanol–water partition coefficient (Wildman–Crippen LogP) is -2.31. The van der Waals surface area contributed by atoms with Crippen LogP contribution >= 0.6 is 0 Å². The number of nitrogens with one attached hydrogen (secondary N) is 1. The summed E-state index contributed by atoms with van der Waals surface area (Å²) in [6.45, 7) is 1.42. The van der Waals surface area contributed by atoms with Gasteiger partial charge >= 0.3 is 5.69 Å². The third-order valence-electron chi connectivity index (χ3n) is 3.92. The Hall–Kier alpha value is -2.01. The van der Waals surface area contributed by atoms with E-state index in [1.807, 2.05) is 6.92 Å². The lowest BCUT2D eigenvalue weighted by Gasteiger charge is -2.24. The molecule has 1 fully saturated rings. The van der Waals surface area contributed by atoms with Gasteiger partial charge in [0, 0.05) is 6.20 Å². The molecule has 0 radical (unpaired) electrons. The van der Waals surface area contributed by atoms with Crippen molar-refractivity contribution in [1.82, 2.24) is 14.9 Å². The number of carbonyl (C=O) groups is 1. The summed E-state index contributed by atoms with van der Waals surface area (Å²) in [5.74, 6) is -0.427. The minimum absolute atomic E-state index is 0.0408. The molecule has 2 heterocycles. The number of rotatable bonds is 6. The number of carbonyl (C=O) groups excluding carboxylic acids is 1. The zero-order valence-electron chi connectivity index (χ0n) is 13.3. The van der Waals surface area contributed by atoms with E-state index < -0.39 is 48.7 Å². The van der Waals surface area contributed by atoms with Crippen LogP contribution in [-0.2, 0) is 9.53 Å². The molecule has 7 N–H and O–H groups in total. The van der Waals surface area contributed by atoms with Gasteiger partial charge in [-0.3, -0.25) is 9.36 Å². The number of aliphatic hydroxyl groups excluding tert-OH is 2. The number of nitrogen functional groups attached to an aromatic ring is 1. The second-order valence-corrected chi connectivity index (χ2v) is 5.71. The fraction of sp³-hybridized carbons (Fsp3) is 0.643. The van der Waals surface area contributed by atoms with E-state index in [9.17, 15) is 19.8 Å². The maximum absolute atomic E-state index is 12.2. The molecule has 2 unspecified atom stereocenters. The zero-order valence-corrected chi connectivity index (χ0v) is 13.3. The second-order valence-electron chi connectivity index (χ2n) is 5.71. The summed E-state index contributed by atoms with van der Waals surface area (Å²) < 4.78 is 6.61. The van der Waals surface area contributed by atoms with Crippen molar-refractivity contribution in [2.45, 2.75) is 50.3 Å². The number of hydrogen-bond donors (Lipinski definition) is 5. The molecule has 1 aromatic rings. The minimum atomic E-state index is -1.21. The predicted molar refractivity (Wildman–Crippen MR) is 84.7 cm³/mol. The van der Waals surface area contributed by atoms with Crippen LogP contribution in [0.25, 0.3) is 0 Å². The lowest BCUT2D eigenvalue weighted by atomic mass is 10.1. The number of aromatic nitrogens is 2. The van der Waals surface area contributed by atoms with E-state index in [0.717, 1.165) is 11.0 Å². The Kier molecular flexibility index (Phi) is 5.89. The molecule has 10 nitrogen and oxygen atoms in total. The van der Waals surface area contributed by atoms with Gasteiger partial charge in [-0.1, -0.05) is 13.3 Å². The summed E-state index contributed by atoms with van der Waals surface area (Å²) in [5.41, 5.74) is 10.5. The Morgan fingerprint density at radius 3 is 2.88 bits per heavy atom. The molecule has 1 aliphatic rings. The van der Waals surface area contributed by atoms with Crippen molar-refractivity contribution in [3.63, 3.8) is 0 Å². The summed E-state index contributed by atoms with van der Waals surface area (Å²) in [6, 6.07) is -0.302. The minimum Gasteiger partial charge on any atom is -0.394 e. The number of anilines is 1. The van der Waals surface area contributed by atoms with Gasteiger partial charge in [-0.05, 0) is 12.5 Å². The summed E-state index contributed by atoms with van der Waals surface area (Å²) in [6.07, 6.45) is -0.632. The first-order valence-corrected chi connectivity index (χ1v) is 7.74. The van der Waals surface area contributed by atoms with E-state index in [-0.39, 0.29) is 5.82 Å². The van der Waals surface area contributed by atoms with Crippen molar-refractivity contribution < 1.29 is 19.7 Å². The van der Waals surface area contributed by atoms with E-state index in [0.29, 0.717) is 6.42 Å². The van der Waals surface area contributed by atoms with Gasteiger partial charge in [0.15, 0.2) is 6.23 Å². The maximum atomic E-state index is 12.2. The number of aliphatic hydroxyl groups is 2. The summed E-state index contributed by atoms with van der Waals surface area (Å²) in [4.78, 5) is 27.8. The highest BCUT2D eigenvalue weighted by Gasteiger charge is 2.45. The molecule has 0 bridgehead atoms. The molecule has 0 aliphatic carbocycles. The number of nitrogens with two attached hydrogens (primary N) is 2. The number of ether oxygens (including phenoxy) is 1. The van der Waals surface area contributed by atoms with Gasteiger partial charge in [0.1, 0.15) is 24.1 Å². The van der Waals surface area contributed by atoms with Gasteiger partial charge in [0.2, 0.25) is 5.91 Å². The van der Waals surface area contributed by atoms with Crippen molar-refractivity contribution in [3.05, 3.63) is 22.7 Å². The Labute approximate surface area is 138 Å². The van der Waals surface area contributed by atoms with Crippen LogP contribution < -0.4 is 22.5 Å². The average Bonchev–Trinajstić information content (AvgIpc) is 2.84. The van der Waals surface area contributed by atoms with Gasteiger partial charge in [0.25, 0.3) is 0 Å². The van der Waals surface area contributed by atoms with Gasteiger partial charge in [-0.25, -0.2) is 4.79 Å². The molecule has 0 spiro atoms. The van der Waals surface area contributed by atoms with Gasteiger partial charge < -0.3 is 31.7 Å². The Morgan fingerprint density at radius 1 is 1.58 bits per heavy atom. The van der Waals surface area contributed by atoms with E-state index in [4.69, 9.17) is 16.2 Å². The fourth-order valence-electron chi connectivity index (χ4n) is 2.62. The third kappa shape index (κ3) is 3.73. The smallest absolute Gasteiger partial charge is 0.351 e. The molecule has 0 saturated carbocycles. The highest BCUT2D eigenvalue weighted by atomic mass is 16.5. The van der Waals surface area contributed by atoms with Crippen LogP contribution in [0.5, 0.6) is 0 Å². The van der Waals surface area contributed by atoms with Crippen molar-refractivity contribution in [1.29, 1.82) is 0 Å². The molecule has 2 rings (SSSR count). The quantitative estimate of drug-likeness (QED) is 0.385. The normalized spacial score (nSPS) is 27.8. The molecule has 1 aliphatic heterocycles. The van der Waals surface area contributed by atoms with Crippen LogP contribution in [0.15, 0.2) is 17.1 Å². The third-order valence-corrected chi connectivity index (χ3v) is 3.92. The number of amides is 1. The standard InChI is InChI=1S/C14H23N5O5/c1-2-3-7(15)12(22)18-10-11(21)8(6-20)24-13(10)19-5-4-9(16)17-14(19)23/h4-5,7-8,10-11,13,20-21H,2-3,6,15H2,1H3,(H,18,22)(H2,16,17,23)/t7?,8-,10+,11?,13-/m1/s1. The van der Waals surface area contributed by atoms with Crippen LogP contribution in [0.4, 0.5) is 5.82 Å². The van der Waals surface area contributed by atoms with Crippen LogP contribution in [0.3, 0.4) is 0 Å². The van der Waals surface area contributed by atoms with E-state index in [1.54, 1.807) is 0 Å². The molecule has 10 heteroatoms. The maximum Gasteiger partial charge on any atom is 0.351 e. The van der Waals surface area contributed by atoms with Gasteiger partial charge in [0.05, 0.1) is 12.6 Å². The molecule has 1 saturated heterocycles. The first kappa shape index (κ1) is 18.3. The topological polar surface area (TPSA) is 166 Å². The summed E-state index contributed by atoms with van der Waals surface area (Å²) in [7, 11) is 0. The number of nitrogens with zero attached hydrogens (tertiary/aromatic N) is 2. The van der Waals surface area contributed by atoms with Crippen molar-refractivity contribution in [3.8, 4) is 0 Å². The van der Waals surface area contributed by atoms with Gasteiger partial charge in [-0.2, -0.15) is 4.98 Å². The SMILES string of the molecule is CCCC(N)C(=O)N[C@H]1C(O)[C@@H](CO)O[C@H]1n1ccc(N)nc1=O. The van der Waals surface area contributed by atoms with Crippen molar-refractivity contribution >= 4 is 11.7 Å². The zero-order chi connectivity index (χ0) is 17.9. The second kappa shape index (κ2) is 7.71. The lowest BCUT2D eigenvalue weighted by Crippen LogP contribution is -2.52. The van der Waals surface area contributed by atoms with Crippen LogP contribution in [0, 0.1) is 0 Å². The van der Waals surface area contributed by atoms with Crippen molar-refractivity contribution in [2.24, 2.45) is 5.73 Å². The summed E-state index contributed by atoms with van der Waals surface area (Å²) >= 11 is 0. The van der Waals surface area contributed by atoms with E-state index in [2.05, 4.69) is 10.3 Å². The Morgan fingerprint density at radius 2 is 2.29 bits per heavy atom. The molecular formula is C14H23N5O5. The van der Waals surface area contributed by atoms with E-state index >= 15 is 0 Å². The van der Waals surface area contributed by atoms with Crippen LogP contribution in [0.2, 0.25) is 0 Å². The molecule has 1 aromatic heterocycles. The van der Waals surface area contributed by atoms with Crippen LogP contribution in [0.1, 0.15) is 26.0 Å². The van der Waals surface area contributed by atoms with Crippen LogP contribution in [-0.4, -0.2) is 56.6 Å². The number of hydrogen-bond acceptors (Lipinski definition) is 8. The highest BCUT2D eigenvalue weighted by Crippen LogP contribution is 2.28. The first-order valence-electron chi connectivity index (χ1n) is 7.74. The largest absolute Gasteiger partial charge is 0.394 e. The first-order chi connectivity index (χ1) is 11.4. The lowest BCUT2D eigenvalue weighted by molar-refractivity contribution is -0.124. The molecule has 24 heavy (non-hydrogen) atoms. The van der Waals surface area contributed by atoms with Crippen molar-refractivity contribution in [2.75, 3.05) is 12.3 Å². The average molecular weight is 341 g/mol. The molecule has 0 aromatic carbocycles. The van der Waals surface area contributed by atoms with E-state index in [1.165, 1.54) is 12.3 Å². The molecular weight excluding hydrogens is 318 g/mol.